The Balaban J connectivity index is 2.25. The van der Waals surface area contributed by atoms with E-state index in [1.165, 1.54) is 19.3 Å². The van der Waals surface area contributed by atoms with Crippen LogP contribution in [0.3, 0.4) is 0 Å². The molecule has 3 heteroatoms. The monoisotopic (exact) mass is 200 g/mol. The van der Waals surface area contributed by atoms with Crippen molar-refractivity contribution in [2.24, 2.45) is 0 Å². The van der Waals surface area contributed by atoms with E-state index in [-0.39, 0.29) is 0 Å². The van der Waals surface area contributed by atoms with Gasteiger partial charge in [-0.2, -0.15) is 0 Å². The fourth-order valence-corrected chi connectivity index (χ4v) is 2.04. The Kier molecular flexibility index (Phi) is 5.45. The van der Waals surface area contributed by atoms with Crippen LogP contribution >= 0.6 is 0 Å². The van der Waals surface area contributed by atoms with Crippen molar-refractivity contribution >= 4 is 0 Å². The fraction of sp³-hybridized carbons (Fsp3) is 1.00. The summed E-state index contributed by atoms with van der Waals surface area (Å²) in [6.07, 6.45) is 3.70. The van der Waals surface area contributed by atoms with Crippen molar-refractivity contribution < 1.29 is 4.74 Å². The number of hydrogen-bond donors (Lipinski definition) is 1. The average molecular weight is 200 g/mol. The first-order valence-corrected chi connectivity index (χ1v) is 5.73. The number of hydrogen-bond acceptors (Lipinski definition) is 3. The Morgan fingerprint density at radius 3 is 2.86 bits per heavy atom. The summed E-state index contributed by atoms with van der Waals surface area (Å²) in [6.45, 7) is 5.23. The van der Waals surface area contributed by atoms with Crippen LogP contribution in [0.25, 0.3) is 0 Å². The Hall–Kier alpha value is -0.120. The van der Waals surface area contributed by atoms with Gasteiger partial charge in [0.2, 0.25) is 0 Å². The van der Waals surface area contributed by atoms with E-state index in [2.05, 4.69) is 31.2 Å². The maximum atomic E-state index is 5.39. The molecule has 0 bridgehead atoms. The molecule has 0 spiro atoms. The summed E-state index contributed by atoms with van der Waals surface area (Å²) in [5.41, 5.74) is 0. The molecule has 84 valence electrons. The number of nitrogens with one attached hydrogen (secondary N) is 1. The van der Waals surface area contributed by atoms with Gasteiger partial charge < -0.3 is 10.1 Å². The van der Waals surface area contributed by atoms with Gasteiger partial charge in [-0.3, -0.25) is 4.90 Å². The van der Waals surface area contributed by atoms with Gasteiger partial charge in [0.15, 0.2) is 0 Å². The average Bonchev–Trinajstić information content (AvgIpc) is 2.69. The van der Waals surface area contributed by atoms with Crippen LogP contribution in [0.4, 0.5) is 0 Å². The lowest BCUT2D eigenvalue weighted by atomic mass is 10.1. The third kappa shape index (κ3) is 3.56. The predicted octanol–water partition coefficient (Wildman–Crippen LogP) is 1.10. The third-order valence-electron chi connectivity index (χ3n) is 3.08. The second-order valence-corrected chi connectivity index (χ2v) is 4.23. The molecular formula is C11H24N2O. The molecule has 0 aromatic heterocycles. The van der Waals surface area contributed by atoms with E-state index in [9.17, 15) is 0 Å². The van der Waals surface area contributed by atoms with E-state index in [0.717, 1.165) is 19.8 Å². The molecule has 1 rings (SSSR count). The normalized spacial score (nSPS) is 24.4. The molecule has 1 fully saturated rings. The minimum absolute atomic E-state index is 0.630. The standard InChI is InChI=1S/C11H24N2O/c1-4-5-10(12-2)8-13(3)11-6-7-14-9-11/h10-12H,4-9H2,1-3H3. The van der Waals surface area contributed by atoms with Crippen LogP contribution in [0.5, 0.6) is 0 Å². The van der Waals surface area contributed by atoms with Crippen molar-refractivity contribution in [1.82, 2.24) is 10.2 Å². The molecule has 14 heavy (non-hydrogen) atoms. The molecule has 1 saturated heterocycles. The van der Waals surface area contributed by atoms with Crippen LogP contribution in [0.15, 0.2) is 0 Å². The maximum absolute atomic E-state index is 5.39. The molecule has 0 aromatic carbocycles. The Labute approximate surface area is 87.8 Å². The topological polar surface area (TPSA) is 24.5 Å². The lowest BCUT2D eigenvalue weighted by Crippen LogP contribution is -2.42. The first kappa shape index (κ1) is 12.0. The quantitative estimate of drug-likeness (QED) is 0.695. The molecule has 1 aliphatic heterocycles. The van der Waals surface area contributed by atoms with Gasteiger partial charge >= 0.3 is 0 Å². The first-order chi connectivity index (χ1) is 6.77. The summed E-state index contributed by atoms with van der Waals surface area (Å²) in [6, 6.07) is 1.27. The van der Waals surface area contributed by atoms with Crippen LogP contribution in [-0.4, -0.2) is 50.8 Å². The highest BCUT2D eigenvalue weighted by molar-refractivity contribution is 4.77. The smallest absolute Gasteiger partial charge is 0.0622 e. The lowest BCUT2D eigenvalue weighted by Gasteiger charge is -2.27. The minimum atomic E-state index is 0.630. The highest BCUT2D eigenvalue weighted by Crippen LogP contribution is 2.11. The first-order valence-electron chi connectivity index (χ1n) is 5.73. The number of ether oxygens (including phenoxy) is 1. The predicted molar refractivity (Wildman–Crippen MR) is 59.6 cm³/mol. The van der Waals surface area contributed by atoms with E-state index >= 15 is 0 Å². The van der Waals surface area contributed by atoms with E-state index < -0.39 is 0 Å². The molecule has 2 atom stereocenters. The van der Waals surface area contributed by atoms with Gasteiger partial charge in [-0.1, -0.05) is 13.3 Å². The van der Waals surface area contributed by atoms with E-state index in [1.54, 1.807) is 0 Å². The van der Waals surface area contributed by atoms with Crippen molar-refractivity contribution in [1.29, 1.82) is 0 Å². The van der Waals surface area contributed by atoms with Crippen molar-refractivity contribution in [2.45, 2.75) is 38.3 Å². The molecule has 0 aromatic rings. The van der Waals surface area contributed by atoms with Gasteiger partial charge in [-0.05, 0) is 26.9 Å². The second-order valence-electron chi connectivity index (χ2n) is 4.23. The van der Waals surface area contributed by atoms with Gasteiger partial charge in [0, 0.05) is 25.2 Å². The van der Waals surface area contributed by atoms with E-state index in [0.29, 0.717) is 12.1 Å². The zero-order valence-corrected chi connectivity index (χ0v) is 9.75. The van der Waals surface area contributed by atoms with Crippen LogP contribution in [0.2, 0.25) is 0 Å². The van der Waals surface area contributed by atoms with Gasteiger partial charge in [0.05, 0.1) is 6.61 Å². The number of rotatable bonds is 6. The van der Waals surface area contributed by atoms with Crippen LogP contribution in [-0.2, 0) is 4.74 Å². The van der Waals surface area contributed by atoms with Crippen molar-refractivity contribution in [3.05, 3.63) is 0 Å². The number of nitrogens with zero attached hydrogens (tertiary/aromatic N) is 1. The molecule has 3 nitrogen and oxygen atoms in total. The molecule has 0 aliphatic carbocycles. The van der Waals surface area contributed by atoms with Crippen molar-refractivity contribution in [3.8, 4) is 0 Å². The van der Waals surface area contributed by atoms with E-state index in [1.807, 2.05) is 0 Å². The van der Waals surface area contributed by atoms with Crippen LogP contribution in [0, 0.1) is 0 Å². The molecule has 1 heterocycles. The summed E-state index contributed by atoms with van der Waals surface area (Å²) in [5.74, 6) is 0. The molecule has 1 N–H and O–H groups in total. The van der Waals surface area contributed by atoms with Crippen LogP contribution in [0.1, 0.15) is 26.2 Å². The highest BCUT2D eigenvalue weighted by atomic mass is 16.5. The highest BCUT2D eigenvalue weighted by Gasteiger charge is 2.21. The summed E-state index contributed by atoms with van der Waals surface area (Å²) >= 11 is 0. The van der Waals surface area contributed by atoms with Gasteiger partial charge in [-0.15, -0.1) is 0 Å². The molecular weight excluding hydrogens is 176 g/mol. The minimum Gasteiger partial charge on any atom is -0.380 e. The second kappa shape index (κ2) is 6.38. The zero-order valence-electron chi connectivity index (χ0n) is 9.75. The molecule has 2 unspecified atom stereocenters. The summed E-state index contributed by atoms with van der Waals surface area (Å²) < 4.78 is 5.39. The summed E-state index contributed by atoms with van der Waals surface area (Å²) in [4.78, 5) is 2.43. The van der Waals surface area contributed by atoms with Crippen molar-refractivity contribution in [2.75, 3.05) is 33.9 Å². The SMILES string of the molecule is CCCC(CN(C)C1CCOC1)NC. The third-order valence-corrected chi connectivity index (χ3v) is 3.08. The number of likely N-dealkylation sites (N-methyl/N-ethyl adjacent to an activating group) is 2. The van der Waals surface area contributed by atoms with Gasteiger partial charge in [0.1, 0.15) is 0 Å². The van der Waals surface area contributed by atoms with Gasteiger partial charge in [0.25, 0.3) is 0 Å². The fourth-order valence-electron chi connectivity index (χ4n) is 2.04. The van der Waals surface area contributed by atoms with Crippen LogP contribution < -0.4 is 5.32 Å². The van der Waals surface area contributed by atoms with E-state index in [4.69, 9.17) is 4.74 Å². The molecule has 0 radical (unpaired) electrons. The Morgan fingerprint density at radius 1 is 1.57 bits per heavy atom. The lowest BCUT2D eigenvalue weighted by molar-refractivity contribution is 0.152. The summed E-state index contributed by atoms with van der Waals surface area (Å²) in [7, 11) is 4.26. The molecule has 1 aliphatic rings. The van der Waals surface area contributed by atoms with Gasteiger partial charge in [-0.25, -0.2) is 0 Å². The molecule has 0 saturated carbocycles. The Morgan fingerprint density at radius 2 is 2.36 bits per heavy atom. The van der Waals surface area contributed by atoms with Crippen molar-refractivity contribution in [3.63, 3.8) is 0 Å². The summed E-state index contributed by atoms with van der Waals surface area (Å²) in [5, 5.41) is 3.37. The largest absolute Gasteiger partial charge is 0.380 e. The maximum Gasteiger partial charge on any atom is 0.0622 e. The molecule has 0 amide bonds. The Bertz CT molecular complexity index is 146. The zero-order chi connectivity index (χ0) is 10.4.